The van der Waals surface area contributed by atoms with Gasteiger partial charge in [-0.1, -0.05) is 31.5 Å². The molecule has 0 amide bonds. The summed E-state index contributed by atoms with van der Waals surface area (Å²) < 4.78 is 29.7. The zero-order valence-corrected chi connectivity index (χ0v) is 12.1. The third-order valence-electron chi connectivity index (χ3n) is 2.86. The van der Waals surface area contributed by atoms with Crippen molar-refractivity contribution in [1.82, 2.24) is 0 Å². The van der Waals surface area contributed by atoms with Gasteiger partial charge in [0, 0.05) is 5.69 Å². The highest BCUT2D eigenvalue weighted by atomic mass is 32.2. The molecule has 2 rings (SSSR count). The van der Waals surface area contributed by atoms with Gasteiger partial charge in [-0.2, -0.15) is 8.42 Å². The Morgan fingerprint density at radius 2 is 1.70 bits per heavy atom. The molecule has 5 heteroatoms. The smallest absolute Gasteiger partial charge is 0.339 e. The summed E-state index contributed by atoms with van der Waals surface area (Å²) in [6.45, 7) is 2.03. The van der Waals surface area contributed by atoms with E-state index in [1.807, 2.05) is 19.1 Å². The molecule has 0 radical (unpaired) electrons. The van der Waals surface area contributed by atoms with Gasteiger partial charge in [0.25, 0.3) is 0 Å². The van der Waals surface area contributed by atoms with Crippen LogP contribution in [-0.4, -0.2) is 8.42 Å². The molecule has 0 aliphatic heterocycles. The molecule has 0 heterocycles. The molecular weight excluding hydrogens is 274 g/mol. The standard InChI is InChI=1S/C15H17NO3S/c1-2-5-12-6-3-4-7-15(12)19-20(17,18)14-10-8-13(16)9-11-14/h3-4,6-11H,2,5,16H2,1H3. The van der Waals surface area contributed by atoms with Gasteiger partial charge in [-0.15, -0.1) is 0 Å². The highest BCUT2D eigenvalue weighted by Crippen LogP contribution is 2.24. The van der Waals surface area contributed by atoms with Crippen LogP contribution in [0.1, 0.15) is 18.9 Å². The summed E-state index contributed by atoms with van der Waals surface area (Å²) in [6.07, 6.45) is 1.69. The van der Waals surface area contributed by atoms with E-state index in [4.69, 9.17) is 9.92 Å². The van der Waals surface area contributed by atoms with Crippen LogP contribution >= 0.6 is 0 Å². The van der Waals surface area contributed by atoms with Gasteiger partial charge >= 0.3 is 10.1 Å². The fraction of sp³-hybridized carbons (Fsp3) is 0.200. The SMILES string of the molecule is CCCc1ccccc1OS(=O)(=O)c1ccc(N)cc1. The highest BCUT2D eigenvalue weighted by molar-refractivity contribution is 7.87. The molecule has 0 bridgehead atoms. The van der Waals surface area contributed by atoms with Gasteiger partial charge in [-0.05, 0) is 42.3 Å². The zero-order valence-electron chi connectivity index (χ0n) is 11.2. The van der Waals surface area contributed by atoms with E-state index in [2.05, 4.69) is 0 Å². The quantitative estimate of drug-likeness (QED) is 0.679. The first-order valence-corrected chi connectivity index (χ1v) is 7.81. The van der Waals surface area contributed by atoms with Gasteiger partial charge in [0.05, 0.1) is 0 Å². The Bertz CT molecular complexity index is 679. The lowest BCUT2D eigenvalue weighted by Gasteiger charge is -2.11. The van der Waals surface area contributed by atoms with E-state index < -0.39 is 10.1 Å². The van der Waals surface area contributed by atoms with Crippen LogP contribution in [0.5, 0.6) is 5.75 Å². The van der Waals surface area contributed by atoms with E-state index in [-0.39, 0.29) is 4.90 Å². The molecule has 0 spiro atoms. The molecule has 4 nitrogen and oxygen atoms in total. The van der Waals surface area contributed by atoms with Gasteiger partial charge in [0.15, 0.2) is 0 Å². The second-order valence-electron chi connectivity index (χ2n) is 4.46. The minimum absolute atomic E-state index is 0.0954. The van der Waals surface area contributed by atoms with E-state index >= 15 is 0 Å². The van der Waals surface area contributed by atoms with Crippen LogP contribution in [0.2, 0.25) is 0 Å². The third-order valence-corrected chi connectivity index (χ3v) is 4.11. The summed E-state index contributed by atoms with van der Waals surface area (Å²) in [7, 11) is -3.83. The van der Waals surface area contributed by atoms with Crippen molar-refractivity contribution in [3.8, 4) is 5.75 Å². The van der Waals surface area contributed by atoms with Crippen LogP contribution in [-0.2, 0) is 16.5 Å². The van der Waals surface area contributed by atoms with Crippen molar-refractivity contribution in [2.75, 3.05) is 5.73 Å². The number of rotatable bonds is 5. The molecule has 0 fully saturated rings. The molecule has 2 N–H and O–H groups in total. The summed E-state index contributed by atoms with van der Waals surface area (Å²) in [5.74, 6) is 0.381. The van der Waals surface area contributed by atoms with Crippen LogP contribution in [0.25, 0.3) is 0 Å². The molecule has 0 unspecified atom stereocenters. The van der Waals surface area contributed by atoms with E-state index in [9.17, 15) is 8.42 Å². The lowest BCUT2D eigenvalue weighted by atomic mass is 10.1. The van der Waals surface area contributed by atoms with E-state index in [0.717, 1.165) is 18.4 Å². The van der Waals surface area contributed by atoms with Crippen LogP contribution in [0.4, 0.5) is 5.69 Å². The Hall–Kier alpha value is -2.01. The number of hydrogen-bond acceptors (Lipinski definition) is 4. The number of benzene rings is 2. The van der Waals surface area contributed by atoms with Crippen LogP contribution in [0.3, 0.4) is 0 Å². The Morgan fingerprint density at radius 1 is 1.05 bits per heavy atom. The molecule has 2 aromatic carbocycles. The third kappa shape index (κ3) is 3.30. The Kier molecular flexibility index (Phi) is 4.29. The monoisotopic (exact) mass is 291 g/mol. The fourth-order valence-electron chi connectivity index (χ4n) is 1.86. The van der Waals surface area contributed by atoms with Crippen molar-refractivity contribution in [3.05, 3.63) is 54.1 Å². The molecule has 2 aromatic rings. The van der Waals surface area contributed by atoms with Crippen molar-refractivity contribution in [3.63, 3.8) is 0 Å². The summed E-state index contributed by atoms with van der Waals surface area (Å²) in [4.78, 5) is 0.0954. The van der Waals surface area contributed by atoms with Gasteiger partial charge in [0.2, 0.25) is 0 Å². The van der Waals surface area contributed by atoms with Crippen molar-refractivity contribution in [1.29, 1.82) is 0 Å². The minimum Gasteiger partial charge on any atom is -0.399 e. The van der Waals surface area contributed by atoms with Crippen LogP contribution < -0.4 is 9.92 Å². The molecule has 0 saturated carbocycles. The van der Waals surface area contributed by atoms with Crippen molar-refractivity contribution >= 4 is 15.8 Å². The summed E-state index contributed by atoms with van der Waals surface area (Å²) in [6, 6.07) is 13.1. The Morgan fingerprint density at radius 3 is 2.35 bits per heavy atom. The molecule has 0 aromatic heterocycles. The first-order chi connectivity index (χ1) is 9.53. The Balaban J connectivity index is 2.31. The predicted octanol–water partition coefficient (Wildman–Crippen LogP) is 2.99. The topological polar surface area (TPSA) is 69.4 Å². The normalized spacial score (nSPS) is 11.2. The van der Waals surface area contributed by atoms with E-state index in [0.29, 0.717) is 11.4 Å². The van der Waals surface area contributed by atoms with Gasteiger partial charge in [-0.25, -0.2) is 0 Å². The molecule has 0 aliphatic carbocycles. The molecule has 20 heavy (non-hydrogen) atoms. The van der Waals surface area contributed by atoms with Crippen molar-refractivity contribution in [2.24, 2.45) is 0 Å². The molecular formula is C15H17NO3S. The molecule has 106 valence electrons. The minimum atomic E-state index is -3.83. The average molecular weight is 291 g/mol. The van der Waals surface area contributed by atoms with Gasteiger partial charge in [-0.3, -0.25) is 0 Å². The van der Waals surface area contributed by atoms with Crippen LogP contribution in [0, 0.1) is 0 Å². The average Bonchev–Trinajstić information content (AvgIpc) is 2.41. The lowest BCUT2D eigenvalue weighted by Crippen LogP contribution is -2.11. The number of anilines is 1. The van der Waals surface area contributed by atoms with E-state index in [1.54, 1.807) is 12.1 Å². The number of para-hydroxylation sites is 1. The molecule has 0 atom stereocenters. The summed E-state index contributed by atoms with van der Waals surface area (Å²) in [5, 5.41) is 0. The maximum absolute atomic E-state index is 12.2. The second-order valence-corrected chi connectivity index (χ2v) is 6.01. The maximum Gasteiger partial charge on any atom is 0.339 e. The van der Waals surface area contributed by atoms with Crippen molar-refractivity contribution in [2.45, 2.75) is 24.7 Å². The highest BCUT2D eigenvalue weighted by Gasteiger charge is 2.17. The van der Waals surface area contributed by atoms with Crippen molar-refractivity contribution < 1.29 is 12.6 Å². The fourth-order valence-corrected chi connectivity index (χ4v) is 2.83. The Labute approximate surface area is 119 Å². The van der Waals surface area contributed by atoms with Gasteiger partial charge < -0.3 is 9.92 Å². The maximum atomic E-state index is 12.2. The largest absolute Gasteiger partial charge is 0.399 e. The second kappa shape index (κ2) is 5.96. The van der Waals surface area contributed by atoms with E-state index in [1.165, 1.54) is 24.3 Å². The predicted molar refractivity (Wildman–Crippen MR) is 79.1 cm³/mol. The number of hydrogen-bond donors (Lipinski definition) is 1. The zero-order chi connectivity index (χ0) is 14.6. The molecule has 0 aliphatic rings. The van der Waals surface area contributed by atoms with Gasteiger partial charge in [0.1, 0.15) is 10.6 Å². The first kappa shape index (κ1) is 14.4. The summed E-state index contributed by atoms with van der Waals surface area (Å²) >= 11 is 0. The number of nitrogen functional groups attached to an aromatic ring is 1. The van der Waals surface area contributed by atoms with Crippen LogP contribution in [0.15, 0.2) is 53.4 Å². The number of nitrogens with two attached hydrogens (primary N) is 1. The lowest BCUT2D eigenvalue weighted by molar-refractivity contribution is 0.482. The number of aryl methyl sites for hydroxylation is 1. The first-order valence-electron chi connectivity index (χ1n) is 6.41. The molecule has 0 saturated heterocycles. The summed E-state index contributed by atoms with van der Waals surface area (Å²) in [5.41, 5.74) is 6.94.